The van der Waals surface area contributed by atoms with E-state index in [1.807, 2.05) is 0 Å². The summed E-state index contributed by atoms with van der Waals surface area (Å²) in [6, 6.07) is 15.2. The largest absolute Gasteiger partial charge is 0.392 e. The summed E-state index contributed by atoms with van der Waals surface area (Å²) < 4.78 is 0. The van der Waals surface area contributed by atoms with Crippen LogP contribution in [0.25, 0.3) is 10.8 Å². The van der Waals surface area contributed by atoms with Gasteiger partial charge in [0.05, 0.1) is 6.10 Å². The first kappa shape index (κ1) is 14.6. The van der Waals surface area contributed by atoms with Gasteiger partial charge >= 0.3 is 0 Å². The smallest absolute Gasteiger partial charge is 0.0649 e. The third kappa shape index (κ3) is 2.70. The molecule has 2 nitrogen and oxygen atoms in total. The molecule has 2 aromatic carbocycles. The summed E-state index contributed by atoms with van der Waals surface area (Å²) in [5.41, 5.74) is 1.17. The lowest BCUT2D eigenvalue weighted by atomic mass is 9.67. The van der Waals surface area contributed by atoms with E-state index in [4.69, 9.17) is 0 Å². The molecule has 0 aliphatic heterocycles. The minimum absolute atomic E-state index is 0.119. The first-order valence-electron chi connectivity index (χ1n) is 7.94. The summed E-state index contributed by atoms with van der Waals surface area (Å²) in [4.78, 5) is 2.21. The molecule has 1 fully saturated rings. The van der Waals surface area contributed by atoms with Crippen molar-refractivity contribution in [1.29, 1.82) is 0 Å². The van der Waals surface area contributed by atoms with E-state index in [1.165, 1.54) is 22.8 Å². The lowest BCUT2D eigenvalue weighted by molar-refractivity contribution is 0.0265. The topological polar surface area (TPSA) is 23.5 Å². The van der Waals surface area contributed by atoms with E-state index in [-0.39, 0.29) is 11.5 Å². The van der Waals surface area contributed by atoms with Gasteiger partial charge < -0.3 is 10.0 Å². The highest BCUT2D eigenvalue weighted by atomic mass is 16.3. The SMILES string of the molecule is CN(C)CC1(c2ccc3ccccc3c2)CCCCC1O. The fraction of sp³-hybridized carbons (Fsp3) is 0.474. The number of aliphatic hydroxyl groups excluding tert-OH is 1. The highest BCUT2D eigenvalue weighted by molar-refractivity contribution is 5.83. The van der Waals surface area contributed by atoms with Crippen molar-refractivity contribution in [2.75, 3.05) is 20.6 Å². The Morgan fingerprint density at radius 3 is 2.57 bits per heavy atom. The van der Waals surface area contributed by atoms with Crippen molar-refractivity contribution in [2.24, 2.45) is 0 Å². The van der Waals surface area contributed by atoms with Gasteiger partial charge in [0.25, 0.3) is 0 Å². The average molecular weight is 283 g/mol. The van der Waals surface area contributed by atoms with Crippen molar-refractivity contribution >= 4 is 10.8 Å². The van der Waals surface area contributed by atoms with E-state index in [9.17, 15) is 5.11 Å². The molecule has 3 rings (SSSR count). The molecule has 2 atom stereocenters. The number of aliphatic hydroxyl groups is 1. The molecule has 0 heterocycles. The summed E-state index contributed by atoms with van der Waals surface area (Å²) in [5.74, 6) is 0. The normalized spacial score (nSPS) is 26.4. The molecule has 0 amide bonds. The summed E-state index contributed by atoms with van der Waals surface area (Å²) in [7, 11) is 4.20. The molecule has 0 spiro atoms. The minimum atomic E-state index is -0.241. The van der Waals surface area contributed by atoms with Crippen LogP contribution in [0.5, 0.6) is 0 Å². The van der Waals surface area contributed by atoms with Gasteiger partial charge in [-0.25, -0.2) is 0 Å². The first-order valence-corrected chi connectivity index (χ1v) is 7.94. The molecule has 1 aliphatic carbocycles. The Morgan fingerprint density at radius 2 is 1.86 bits per heavy atom. The Labute approximate surface area is 127 Å². The quantitative estimate of drug-likeness (QED) is 0.931. The van der Waals surface area contributed by atoms with Gasteiger partial charge in [-0.2, -0.15) is 0 Å². The predicted molar refractivity (Wildman–Crippen MR) is 88.7 cm³/mol. The van der Waals surface area contributed by atoms with Crippen molar-refractivity contribution in [2.45, 2.75) is 37.2 Å². The van der Waals surface area contributed by atoms with Crippen LogP contribution in [-0.2, 0) is 5.41 Å². The second-order valence-electron chi connectivity index (χ2n) is 6.72. The molecule has 21 heavy (non-hydrogen) atoms. The number of rotatable bonds is 3. The summed E-state index contributed by atoms with van der Waals surface area (Å²) in [6.07, 6.45) is 4.10. The predicted octanol–water partition coefficient (Wildman–Crippen LogP) is 3.57. The molecule has 1 saturated carbocycles. The summed E-state index contributed by atoms with van der Waals surface area (Å²) >= 11 is 0. The first-order chi connectivity index (χ1) is 10.1. The highest BCUT2D eigenvalue weighted by Crippen LogP contribution is 2.41. The second kappa shape index (κ2) is 5.78. The van der Waals surface area contributed by atoms with Gasteiger partial charge in [-0.05, 0) is 43.3 Å². The van der Waals surface area contributed by atoms with E-state index < -0.39 is 0 Å². The molecule has 2 unspecified atom stereocenters. The van der Waals surface area contributed by atoms with Crippen LogP contribution in [0.15, 0.2) is 42.5 Å². The zero-order valence-electron chi connectivity index (χ0n) is 13.0. The van der Waals surface area contributed by atoms with Crippen LogP contribution < -0.4 is 0 Å². The molecule has 2 heteroatoms. The summed E-state index contributed by atoms with van der Waals surface area (Å²) in [6.45, 7) is 0.909. The molecule has 0 saturated heterocycles. The van der Waals surface area contributed by atoms with Gasteiger partial charge in [-0.1, -0.05) is 55.3 Å². The fourth-order valence-electron chi connectivity index (χ4n) is 3.90. The van der Waals surface area contributed by atoms with Crippen LogP contribution in [0.1, 0.15) is 31.2 Å². The third-order valence-electron chi connectivity index (χ3n) is 4.91. The Balaban J connectivity index is 2.09. The van der Waals surface area contributed by atoms with E-state index >= 15 is 0 Å². The van der Waals surface area contributed by atoms with E-state index in [2.05, 4.69) is 61.5 Å². The van der Waals surface area contributed by atoms with E-state index in [1.54, 1.807) is 0 Å². The van der Waals surface area contributed by atoms with Gasteiger partial charge in [0.15, 0.2) is 0 Å². The highest BCUT2D eigenvalue weighted by Gasteiger charge is 2.41. The van der Waals surface area contributed by atoms with Gasteiger partial charge in [-0.15, -0.1) is 0 Å². The Morgan fingerprint density at radius 1 is 1.10 bits per heavy atom. The van der Waals surface area contributed by atoms with Crippen molar-refractivity contribution in [3.05, 3.63) is 48.0 Å². The standard InChI is InChI=1S/C19H25NO/c1-20(2)14-19(12-6-5-9-18(19)21)17-11-10-15-7-3-4-8-16(15)13-17/h3-4,7-8,10-11,13,18,21H,5-6,9,12,14H2,1-2H3. The maximum Gasteiger partial charge on any atom is 0.0649 e. The monoisotopic (exact) mass is 283 g/mol. The van der Waals surface area contributed by atoms with Gasteiger partial charge in [0.1, 0.15) is 0 Å². The third-order valence-corrected chi connectivity index (χ3v) is 4.91. The van der Waals surface area contributed by atoms with Gasteiger partial charge in [0.2, 0.25) is 0 Å². The van der Waals surface area contributed by atoms with E-state index in [0.29, 0.717) is 0 Å². The number of nitrogens with zero attached hydrogens (tertiary/aromatic N) is 1. The molecule has 1 aliphatic rings. The van der Waals surface area contributed by atoms with Crippen molar-refractivity contribution < 1.29 is 5.11 Å². The number of likely N-dealkylation sites (N-methyl/N-ethyl adjacent to an activating group) is 1. The molecule has 0 radical (unpaired) electrons. The average Bonchev–Trinajstić information content (AvgIpc) is 2.49. The molecule has 1 N–H and O–H groups in total. The number of hydrogen-bond acceptors (Lipinski definition) is 2. The second-order valence-corrected chi connectivity index (χ2v) is 6.72. The maximum absolute atomic E-state index is 10.8. The van der Waals surface area contributed by atoms with E-state index in [0.717, 1.165) is 25.8 Å². The van der Waals surface area contributed by atoms with Gasteiger partial charge in [0, 0.05) is 12.0 Å². The van der Waals surface area contributed by atoms with Crippen LogP contribution in [0.2, 0.25) is 0 Å². The Bertz CT molecular complexity index is 622. The minimum Gasteiger partial charge on any atom is -0.392 e. The van der Waals surface area contributed by atoms with Crippen LogP contribution in [0.3, 0.4) is 0 Å². The van der Waals surface area contributed by atoms with Crippen molar-refractivity contribution in [3.8, 4) is 0 Å². The van der Waals surface area contributed by atoms with Gasteiger partial charge in [-0.3, -0.25) is 0 Å². The summed E-state index contributed by atoms with van der Waals surface area (Å²) in [5, 5.41) is 13.3. The zero-order valence-corrected chi connectivity index (χ0v) is 13.0. The molecular formula is C19H25NO. The Hall–Kier alpha value is -1.38. The van der Waals surface area contributed by atoms with Crippen LogP contribution in [0.4, 0.5) is 0 Å². The fourth-order valence-corrected chi connectivity index (χ4v) is 3.90. The lowest BCUT2D eigenvalue weighted by Gasteiger charge is -2.44. The van der Waals surface area contributed by atoms with Crippen molar-refractivity contribution in [1.82, 2.24) is 4.90 Å². The van der Waals surface area contributed by atoms with Crippen LogP contribution >= 0.6 is 0 Å². The number of fused-ring (bicyclic) bond motifs is 1. The number of hydrogen-bond donors (Lipinski definition) is 1. The maximum atomic E-state index is 10.8. The Kier molecular flexibility index (Phi) is 4.01. The van der Waals surface area contributed by atoms with Crippen LogP contribution in [-0.4, -0.2) is 36.8 Å². The lowest BCUT2D eigenvalue weighted by Crippen LogP contribution is -2.49. The molecule has 0 aromatic heterocycles. The molecule has 2 aromatic rings. The molecular weight excluding hydrogens is 258 g/mol. The zero-order chi connectivity index (χ0) is 14.9. The molecule has 112 valence electrons. The number of benzene rings is 2. The molecule has 0 bridgehead atoms. The van der Waals surface area contributed by atoms with Crippen molar-refractivity contribution in [3.63, 3.8) is 0 Å². The van der Waals surface area contributed by atoms with Crippen LogP contribution in [0, 0.1) is 0 Å².